The van der Waals surface area contributed by atoms with Crippen LogP contribution in [-0.4, -0.2) is 20.7 Å². The molecule has 2 aromatic heterocycles. The molecule has 5 nitrogen and oxygen atoms in total. The number of anilines is 1. The summed E-state index contributed by atoms with van der Waals surface area (Å²) in [6, 6.07) is 6.68. The summed E-state index contributed by atoms with van der Waals surface area (Å²) in [6.07, 6.45) is 3.00. The van der Waals surface area contributed by atoms with Crippen molar-refractivity contribution in [1.82, 2.24) is 9.97 Å². The second-order valence-corrected chi connectivity index (χ2v) is 5.71. The highest BCUT2D eigenvalue weighted by molar-refractivity contribution is 9.10. The zero-order valence-corrected chi connectivity index (χ0v) is 12.9. The van der Waals surface area contributed by atoms with Crippen molar-refractivity contribution in [2.45, 2.75) is 11.8 Å². The molecule has 2 rings (SSSR count). The molecule has 20 heavy (non-hydrogen) atoms. The lowest BCUT2D eigenvalue weighted by Gasteiger charge is -2.07. The van der Waals surface area contributed by atoms with Crippen molar-refractivity contribution in [1.29, 1.82) is 0 Å². The summed E-state index contributed by atoms with van der Waals surface area (Å²) in [4.78, 5) is 19.3. The molecule has 0 saturated heterocycles. The molecule has 1 atom stereocenters. The van der Waals surface area contributed by atoms with Gasteiger partial charge in [-0.25, -0.2) is 9.97 Å². The monoisotopic (exact) mass is 355 g/mol. The van der Waals surface area contributed by atoms with Crippen molar-refractivity contribution in [2.75, 3.05) is 5.32 Å². The normalized spacial score (nSPS) is 11.8. The van der Waals surface area contributed by atoms with E-state index in [1.54, 1.807) is 31.2 Å². The minimum absolute atomic E-state index is 0.162. The van der Waals surface area contributed by atoms with Gasteiger partial charge in [0.1, 0.15) is 11.6 Å². The van der Waals surface area contributed by atoms with Crippen LogP contribution in [0.25, 0.3) is 0 Å². The minimum Gasteiger partial charge on any atom is -0.437 e. The summed E-state index contributed by atoms with van der Waals surface area (Å²) in [7, 11) is 0. The van der Waals surface area contributed by atoms with Crippen LogP contribution in [0.3, 0.4) is 0 Å². The molecule has 0 aliphatic heterocycles. The van der Waals surface area contributed by atoms with Gasteiger partial charge in [0.2, 0.25) is 11.8 Å². The van der Waals surface area contributed by atoms with Crippen LogP contribution >= 0.6 is 27.5 Å². The van der Waals surface area contributed by atoms with Gasteiger partial charge in [0.25, 0.3) is 0 Å². The van der Waals surface area contributed by atoms with Gasteiger partial charge in [-0.15, -0.1) is 0 Å². The van der Waals surface area contributed by atoms with Crippen LogP contribution in [0.4, 0.5) is 5.82 Å². The summed E-state index contributed by atoms with van der Waals surface area (Å²) in [6.45, 7) is 1.74. The summed E-state index contributed by atoms with van der Waals surface area (Å²) in [5.74, 6) is 1.23. The smallest absolute Gasteiger partial charge is 0.239 e. The van der Waals surface area contributed by atoms with E-state index in [0.29, 0.717) is 22.5 Å². The van der Waals surface area contributed by atoms with Crippen molar-refractivity contribution in [3.8, 4) is 11.6 Å². The summed E-state index contributed by atoms with van der Waals surface area (Å²) in [5.41, 5.74) is 0. The number of pyridine rings is 2. The molecule has 104 valence electrons. The number of hydrogen-bond donors (Lipinski definition) is 1. The van der Waals surface area contributed by atoms with E-state index < -0.39 is 0 Å². The van der Waals surface area contributed by atoms with E-state index >= 15 is 0 Å². The van der Waals surface area contributed by atoms with Gasteiger partial charge in [0.15, 0.2) is 0 Å². The Morgan fingerprint density at radius 2 is 2.10 bits per heavy atom. The number of aromatic nitrogens is 2. The van der Waals surface area contributed by atoms with Gasteiger partial charge < -0.3 is 10.1 Å². The largest absolute Gasteiger partial charge is 0.437 e. The number of carbonyl (C=O) groups excluding carboxylic acids is 1. The van der Waals surface area contributed by atoms with Crippen LogP contribution in [0.5, 0.6) is 11.6 Å². The van der Waals surface area contributed by atoms with Crippen molar-refractivity contribution < 1.29 is 9.53 Å². The number of halogens is 2. The highest BCUT2D eigenvalue weighted by Gasteiger charge is 2.09. The second-order valence-electron chi connectivity index (χ2n) is 3.90. The van der Waals surface area contributed by atoms with Gasteiger partial charge >= 0.3 is 0 Å². The zero-order valence-electron chi connectivity index (χ0n) is 10.5. The average Bonchev–Trinajstić information content (AvgIpc) is 2.43. The Kier molecular flexibility index (Phi) is 4.92. The molecule has 1 N–H and O–H groups in total. The minimum atomic E-state index is -0.279. The molecular weight excluding hydrogens is 346 g/mol. The molecule has 7 heteroatoms. The van der Waals surface area contributed by atoms with E-state index in [1.165, 1.54) is 12.4 Å². The first-order chi connectivity index (χ1) is 9.54. The third-order valence-corrected chi connectivity index (χ3v) is 2.91. The maximum absolute atomic E-state index is 11.5. The third kappa shape index (κ3) is 4.18. The van der Waals surface area contributed by atoms with Crippen molar-refractivity contribution in [3.63, 3.8) is 0 Å². The van der Waals surface area contributed by atoms with Gasteiger partial charge in [-0.1, -0.05) is 27.5 Å². The number of rotatable bonds is 4. The topological polar surface area (TPSA) is 64.1 Å². The highest BCUT2D eigenvalue weighted by Crippen LogP contribution is 2.20. The Morgan fingerprint density at radius 1 is 1.30 bits per heavy atom. The molecule has 0 aromatic carbocycles. The Hall–Kier alpha value is -1.66. The number of alkyl halides is 1. The summed E-state index contributed by atoms with van der Waals surface area (Å²) < 4.78 is 5.49. The molecule has 2 heterocycles. The number of nitrogens with zero attached hydrogens (tertiary/aromatic N) is 2. The van der Waals surface area contributed by atoms with Crippen LogP contribution in [0.15, 0.2) is 36.7 Å². The molecule has 0 aliphatic rings. The van der Waals surface area contributed by atoms with E-state index in [9.17, 15) is 4.79 Å². The number of hydrogen-bond acceptors (Lipinski definition) is 4. The first-order valence-electron chi connectivity index (χ1n) is 5.75. The molecule has 0 bridgehead atoms. The predicted octanol–water partition coefficient (Wildman–Crippen LogP) is 3.64. The van der Waals surface area contributed by atoms with Gasteiger partial charge in [-0.2, -0.15) is 0 Å². The quantitative estimate of drug-likeness (QED) is 0.849. The van der Waals surface area contributed by atoms with Gasteiger partial charge in [-0.3, -0.25) is 4.79 Å². The molecule has 0 saturated carbocycles. The zero-order chi connectivity index (χ0) is 14.5. The lowest BCUT2D eigenvalue weighted by molar-refractivity contribution is -0.115. The lowest BCUT2D eigenvalue weighted by atomic mass is 10.4. The van der Waals surface area contributed by atoms with Crippen molar-refractivity contribution in [3.05, 3.63) is 41.7 Å². The van der Waals surface area contributed by atoms with Gasteiger partial charge in [-0.05, 0) is 25.1 Å². The molecule has 0 fully saturated rings. The first-order valence-corrected chi connectivity index (χ1v) is 7.04. The predicted molar refractivity (Wildman–Crippen MR) is 80.6 cm³/mol. The van der Waals surface area contributed by atoms with E-state index in [0.717, 1.165) is 0 Å². The average molecular weight is 357 g/mol. The van der Waals surface area contributed by atoms with E-state index in [2.05, 4.69) is 31.2 Å². The molecule has 0 radical (unpaired) electrons. The number of nitrogens with one attached hydrogen (secondary N) is 1. The second kappa shape index (κ2) is 6.67. The maximum atomic E-state index is 11.5. The molecule has 1 unspecified atom stereocenters. The fourth-order valence-corrected chi connectivity index (χ4v) is 1.51. The molecular formula is C13H11BrClN3O2. The summed E-state index contributed by atoms with van der Waals surface area (Å²) >= 11 is 8.91. The fourth-order valence-electron chi connectivity index (χ4n) is 1.28. The Balaban J connectivity index is 2.01. The van der Waals surface area contributed by atoms with Crippen LogP contribution in [0.2, 0.25) is 5.02 Å². The SMILES string of the molecule is CC(Br)C(=O)Nc1ccc(Oc2ccc(Cl)cn2)cn1. The van der Waals surface area contributed by atoms with E-state index in [-0.39, 0.29) is 10.7 Å². The highest BCUT2D eigenvalue weighted by atomic mass is 79.9. The van der Waals surface area contributed by atoms with Crippen molar-refractivity contribution >= 4 is 39.3 Å². The van der Waals surface area contributed by atoms with Crippen LogP contribution < -0.4 is 10.1 Å². The molecule has 0 aliphatic carbocycles. The first kappa shape index (κ1) is 14.7. The van der Waals surface area contributed by atoms with Gasteiger partial charge in [0.05, 0.1) is 16.0 Å². The van der Waals surface area contributed by atoms with Crippen LogP contribution in [0, 0.1) is 0 Å². The van der Waals surface area contributed by atoms with E-state index in [4.69, 9.17) is 16.3 Å². The standard InChI is InChI=1S/C13H11BrClN3O2/c1-8(14)13(19)18-11-4-3-10(7-16-11)20-12-5-2-9(15)6-17-12/h2-8H,1H3,(H,16,18,19). The third-order valence-electron chi connectivity index (χ3n) is 2.27. The maximum Gasteiger partial charge on any atom is 0.239 e. The number of amides is 1. The van der Waals surface area contributed by atoms with E-state index in [1.807, 2.05) is 0 Å². The Bertz CT molecular complexity index is 588. The molecule has 0 spiro atoms. The van der Waals surface area contributed by atoms with Crippen LogP contribution in [0.1, 0.15) is 6.92 Å². The number of ether oxygens (including phenoxy) is 1. The van der Waals surface area contributed by atoms with Gasteiger partial charge in [0, 0.05) is 12.3 Å². The van der Waals surface area contributed by atoms with Crippen LogP contribution in [-0.2, 0) is 4.79 Å². The fraction of sp³-hybridized carbons (Fsp3) is 0.154. The number of carbonyl (C=O) groups is 1. The van der Waals surface area contributed by atoms with Crippen molar-refractivity contribution in [2.24, 2.45) is 0 Å². The molecule has 2 aromatic rings. The molecule has 1 amide bonds. The Labute approximate surface area is 129 Å². The lowest BCUT2D eigenvalue weighted by Crippen LogP contribution is -2.20. The summed E-state index contributed by atoms with van der Waals surface area (Å²) in [5, 5.41) is 3.19. The Morgan fingerprint density at radius 3 is 2.65 bits per heavy atom.